The number of rotatable bonds is 5. The molecule has 0 spiro atoms. The van der Waals surface area contributed by atoms with Crippen LogP contribution in [0.2, 0.25) is 0 Å². The van der Waals surface area contributed by atoms with Crippen LogP contribution in [0, 0.1) is 0 Å². The summed E-state index contributed by atoms with van der Waals surface area (Å²) in [6, 6.07) is 5.06. The second-order valence-corrected chi connectivity index (χ2v) is 5.21. The molecule has 0 radical (unpaired) electrons. The van der Waals surface area contributed by atoms with Crippen LogP contribution in [0.4, 0.5) is 13.2 Å². The fraction of sp³-hybridized carbons (Fsp3) is 0.533. The topological polar surface area (TPSA) is 32.3 Å². The van der Waals surface area contributed by atoms with E-state index < -0.39 is 11.7 Å². The van der Waals surface area contributed by atoms with Gasteiger partial charge in [-0.25, -0.2) is 0 Å². The summed E-state index contributed by atoms with van der Waals surface area (Å²) in [5, 5.41) is 3.09. The molecule has 1 heterocycles. The average molecular weight is 300 g/mol. The highest BCUT2D eigenvalue weighted by atomic mass is 19.4. The number of amides is 1. The molecule has 1 aromatic carbocycles. The molecule has 1 aliphatic heterocycles. The SMILES string of the molecule is O=C(CCNCc1ccc(C(F)(F)F)cc1)N1CCCC1. The van der Waals surface area contributed by atoms with E-state index in [-0.39, 0.29) is 5.91 Å². The Hall–Kier alpha value is -1.56. The lowest BCUT2D eigenvalue weighted by Crippen LogP contribution is -2.30. The van der Waals surface area contributed by atoms with Crippen molar-refractivity contribution in [2.24, 2.45) is 0 Å². The highest BCUT2D eigenvalue weighted by Gasteiger charge is 2.29. The van der Waals surface area contributed by atoms with E-state index in [9.17, 15) is 18.0 Å². The molecule has 0 bridgehead atoms. The Morgan fingerprint density at radius 1 is 1.14 bits per heavy atom. The molecule has 2 rings (SSSR count). The summed E-state index contributed by atoms with van der Waals surface area (Å²) in [5.74, 6) is 0.146. The minimum absolute atomic E-state index is 0.146. The van der Waals surface area contributed by atoms with Crippen molar-refractivity contribution in [3.8, 4) is 0 Å². The van der Waals surface area contributed by atoms with E-state index in [1.54, 1.807) is 0 Å². The van der Waals surface area contributed by atoms with Crippen LogP contribution in [0.3, 0.4) is 0 Å². The minimum atomic E-state index is -4.30. The Kier molecular flexibility index (Phi) is 5.22. The molecule has 6 heteroatoms. The number of alkyl halides is 3. The van der Waals surface area contributed by atoms with Crippen LogP contribution in [0.5, 0.6) is 0 Å². The van der Waals surface area contributed by atoms with Gasteiger partial charge in [0, 0.05) is 32.6 Å². The van der Waals surface area contributed by atoms with Gasteiger partial charge in [-0.2, -0.15) is 13.2 Å². The number of hydrogen-bond acceptors (Lipinski definition) is 2. The molecule has 116 valence electrons. The van der Waals surface area contributed by atoms with Crippen molar-refractivity contribution in [1.82, 2.24) is 10.2 Å². The van der Waals surface area contributed by atoms with E-state index in [1.807, 2.05) is 4.90 Å². The first-order valence-corrected chi connectivity index (χ1v) is 7.11. The summed E-state index contributed by atoms with van der Waals surface area (Å²) in [6.07, 6.45) is -1.72. The van der Waals surface area contributed by atoms with E-state index in [4.69, 9.17) is 0 Å². The second kappa shape index (κ2) is 6.93. The number of likely N-dealkylation sites (tertiary alicyclic amines) is 1. The van der Waals surface area contributed by atoms with Gasteiger partial charge in [0.05, 0.1) is 5.56 Å². The van der Waals surface area contributed by atoms with E-state index in [1.165, 1.54) is 12.1 Å². The van der Waals surface area contributed by atoms with Crippen LogP contribution in [-0.4, -0.2) is 30.4 Å². The van der Waals surface area contributed by atoms with Gasteiger partial charge in [-0.05, 0) is 30.5 Å². The van der Waals surface area contributed by atoms with Gasteiger partial charge in [-0.3, -0.25) is 4.79 Å². The Labute approximate surface area is 122 Å². The Balaban J connectivity index is 1.70. The molecule has 0 saturated carbocycles. The van der Waals surface area contributed by atoms with Crippen molar-refractivity contribution in [3.63, 3.8) is 0 Å². The van der Waals surface area contributed by atoms with Crippen molar-refractivity contribution in [2.45, 2.75) is 32.0 Å². The van der Waals surface area contributed by atoms with Gasteiger partial charge in [0.15, 0.2) is 0 Å². The van der Waals surface area contributed by atoms with Crippen LogP contribution >= 0.6 is 0 Å². The zero-order valence-electron chi connectivity index (χ0n) is 11.7. The lowest BCUT2D eigenvalue weighted by molar-refractivity contribution is -0.137. The summed E-state index contributed by atoms with van der Waals surface area (Å²) < 4.78 is 37.2. The normalized spacial score (nSPS) is 15.5. The molecule has 3 nitrogen and oxygen atoms in total. The van der Waals surface area contributed by atoms with Crippen LogP contribution in [0.1, 0.15) is 30.4 Å². The molecule has 0 aromatic heterocycles. The Morgan fingerprint density at radius 2 is 1.76 bits per heavy atom. The van der Waals surface area contributed by atoms with Gasteiger partial charge >= 0.3 is 6.18 Å². The van der Waals surface area contributed by atoms with Gasteiger partial charge in [0.25, 0.3) is 0 Å². The van der Waals surface area contributed by atoms with Crippen molar-refractivity contribution in [2.75, 3.05) is 19.6 Å². The van der Waals surface area contributed by atoms with Crippen molar-refractivity contribution < 1.29 is 18.0 Å². The van der Waals surface area contributed by atoms with Crippen LogP contribution in [-0.2, 0) is 17.5 Å². The molecule has 21 heavy (non-hydrogen) atoms. The van der Waals surface area contributed by atoms with Gasteiger partial charge < -0.3 is 10.2 Å². The summed E-state index contributed by atoms with van der Waals surface area (Å²) >= 11 is 0. The smallest absolute Gasteiger partial charge is 0.343 e. The zero-order valence-corrected chi connectivity index (χ0v) is 11.7. The maximum Gasteiger partial charge on any atom is 0.416 e. The van der Waals surface area contributed by atoms with E-state index in [0.717, 1.165) is 43.6 Å². The van der Waals surface area contributed by atoms with Gasteiger partial charge in [0.1, 0.15) is 0 Å². The first kappa shape index (κ1) is 15.8. The molecule has 0 aliphatic carbocycles. The van der Waals surface area contributed by atoms with Crippen molar-refractivity contribution in [1.29, 1.82) is 0 Å². The number of carbonyl (C=O) groups excluding carboxylic acids is 1. The van der Waals surface area contributed by atoms with E-state index in [2.05, 4.69) is 5.32 Å². The molecule has 0 unspecified atom stereocenters. The first-order valence-electron chi connectivity index (χ1n) is 7.11. The molecular weight excluding hydrogens is 281 g/mol. The number of hydrogen-bond donors (Lipinski definition) is 1. The summed E-state index contributed by atoms with van der Waals surface area (Å²) in [7, 11) is 0. The number of halogens is 3. The predicted molar refractivity (Wildman–Crippen MR) is 73.6 cm³/mol. The van der Waals surface area contributed by atoms with Crippen molar-refractivity contribution in [3.05, 3.63) is 35.4 Å². The zero-order chi connectivity index (χ0) is 15.3. The molecule has 1 N–H and O–H groups in total. The third kappa shape index (κ3) is 4.74. The van der Waals surface area contributed by atoms with Crippen LogP contribution in [0.25, 0.3) is 0 Å². The summed E-state index contributed by atoms with van der Waals surface area (Å²) in [4.78, 5) is 13.6. The number of nitrogens with one attached hydrogen (secondary N) is 1. The highest BCUT2D eigenvalue weighted by molar-refractivity contribution is 5.76. The number of carbonyl (C=O) groups is 1. The monoisotopic (exact) mass is 300 g/mol. The lowest BCUT2D eigenvalue weighted by atomic mass is 10.1. The van der Waals surface area contributed by atoms with Crippen molar-refractivity contribution >= 4 is 5.91 Å². The van der Waals surface area contributed by atoms with Crippen LogP contribution in [0.15, 0.2) is 24.3 Å². The molecule has 1 fully saturated rings. The van der Waals surface area contributed by atoms with Gasteiger partial charge in [-0.1, -0.05) is 12.1 Å². The lowest BCUT2D eigenvalue weighted by Gasteiger charge is -2.15. The Bertz CT molecular complexity index is 465. The minimum Gasteiger partial charge on any atom is -0.343 e. The highest BCUT2D eigenvalue weighted by Crippen LogP contribution is 2.29. The molecular formula is C15H19F3N2O. The number of benzene rings is 1. The van der Waals surface area contributed by atoms with E-state index >= 15 is 0 Å². The molecule has 1 aromatic rings. The third-order valence-corrected chi connectivity index (χ3v) is 3.58. The maximum atomic E-state index is 12.4. The summed E-state index contributed by atoms with van der Waals surface area (Å²) in [5.41, 5.74) is 0.132. The third-order valence-electron chi connectivity index (χ3n) is 3.58. The molecule has 1 amide bonds. The second-order valence-electron chi connectivity index (χ2n) is 5.21. The number of nitrogens with zero attached hydrogens (tertiary/aromatic N) is 1. The fourth-order valence-corrected chi connectivity index (χ4v) is 2.36. The van der Waals surface area contributed by atoms with Gasteiger partial charge in [-0.15, -0.1) is 0 Å². The standard InChI is InChI=1S/C15H19F3N2O/c16-15(17,18)13-5-3-12(4-6-13)11-19-8-7-14(21)20-9-1-2-10-20/h3-6,19H,1-2,7-11H2. The van der Waals surface area contributed by atoms with Crippen LogP contribution < -0.4 is 5.32 Å². The van der Waals surface area contributed by atoms with E-state index in [0.29, 0.717) is 19.5 Å². The molecule has 1 saturated heterocycles. The first-order chi connectivity index (χ1) is 9.97. The average Bonchev–Trinajstić information content (AvgIpc) is 2.97. The molecule has 0 atom stereocenters. The maximum absolute atomic E-state index is 12.4. The summed E-state index contributed by atoms with van der Waals surface area (Å²) in [6.45, 7) is 2.69. The molecule has 1 aliphatic rings. The Morgan fingerprint density at radius 3 is 2.33 bits per heavy atom. The van der Waals surface area contributed by atoms with Gasteiger partial charge in [0.2, 0.25) is 5.91 Å². The fourth-order valence-electron chi connectivity index (χ4n) is 2.36. The predicted octanol–water partition coefficient (Wildman–Crippen LogP) is 2.81. The quantitative estimate of drug-likeness (QED) is 0.848. The largest absolute Gasteiger partial charge is 0.416 e.